The highest BCUT2D eigenvalue weighted by atomic mass is 127. The summed E-state index contributed by atoms with van der Waals surface area (Å²) in [6.45, 7) is 3.94. The van der Waals surface area contributed by atoms with Crippen molar-refractivity contribution in [2.75, 3.05) is 0 Å². The van der Waals surface area contributed by atoms with E-state index in [2.05, 4.69) is 55.3 Å². The van der Waals surface area contributed by atoms with Gasteiger partial charge in [0.15, 0.2) is 0 Å². The van der Waals surface area contributed by atoms with Crippen molar-refractivity contribution in [3.05, 3.63) is 69.9 Å². The first-order valence-electron chi connectivity index (χ1n) is 7.81. The number of ether oxygens (including phenoxy) is 1. The monoisotopic (exact) mass is 575 g/mol. The first-order valence-corrected chi connectivity index (χ1v) is 9.96. The van der Waals surface area contributed by atoms with Crippen LogP contribution in [-0.4, -0.2) is 22.0 Å². The number of benzene rings is 2. The van der Waals surface area contributed by atoms with Crippen molar-refractivity contribution in [1.82, 2.24) is 9.66 Å². The zero-order valence-corrected chi connectivity index (χ0v) is 18.3. The number of para-hydroxylation sites is 1. The van der Waals surface area contributed by atoms with Crippen molar-refractivity contribution in [2.45, 2.75) is 20.0 Å². The third-order valence-corrected chi connectivity index (χ3v) is 5.08. The fourth-order valence-corrected chi connectivity index (χ4v) is 4.46. The Hall–Kier alpha value is -1.69. The topological polar surface area (TPSA) is 76.5 Å². The Kier molecular flexibility index (Phi) is 5.80. The molecule has 0 aliphatic heterocycles. The number of H-pyrrole nitrogens is 1. The molecule has 0 saturated heterocycles. The fourth-order valence-electron chi connectivity index (χ4n) is 2.38. The predicted molar refractivity (Wildman–Crippen MR) is 119 cm³/mol. The van der Waals surface area contributed by atoms with Gasteiger partial charge in [-0.3, -0.25) is 4.79 Å². The van der Waals surface area contributed by atoms with Gasteiger partial charge in [-0.05, 0) is 88.9 Å². The summed E-state index contributed by atoms with van der Waals surface area (Å²) in [7, 11) is 0. The molecule has 0 spiro atoms. The van der Waals surface area contributed by atoms with Crippen LogP contribution in [0.4, 0.5) is 0 Å². The largest absolute Gasteiger partial charge is 0.489 e. The molecule has 134 valence electrons. The second-order valence-electron chi connectivity index (χ2n) is 5.82. The first-order chi connectivity index (χ1) is 12.4. The Morgan fingerprint density at radius 3 is 2.46 bits per heavy atom. The molecule has 1 heterocycles. The van der Waals surface area contributed by atoms with Gasteiger partial charge in [-0.15, -0.1) is 4.68 Å². The average Bonchev–Trinajstić information content (AvgIpc) is 2.58. The molecule has 0 radical (unpaired) electrons. The summed E-state index contributed by atoms with van der Waals surface area (Å²) in [6.07, 6.45) is 1.57. The minimum Gasteiger partial charge on any atom is -0.489 e. The molecule has 0 unspecified atom stereocenters. The Bertz CT molecular complexity index is 1090. The lowest BCUT2D eigenvalue weighted by Crippen LogP contribution is -2.32. The maximum atomic E-state index is 12.5. The molecule has 26 heavy (non-hydrogen) atoms. The molecule has 0 aliphatic carbocycles. The number of hydrogen-bond donors (Lipinski definition) is 1. The molecular formula is C18H15I2N3O3. The highest BCUT2D eigenvalue weighted by molar-refractivity contribution is 14.1. The van der Waals surface area contributed by atoms with Gasteiger partial charge in [-0.1, -0.05) is 12.1 Å². The molecule has 0 saturated carbocycles. The SMILES string of the molecule is CC(C)Oc1c(I)cc(C=Nn2c(=O)[nH]c3ccccc3c2=O)cc1I. The molecule has 0 amide bonds. The van der Waals surface area contributed by atoms with Gasteiger partial charge in [-0.2, -0.15) is 5.10 Å². The highest BCUT2D eigenvalue weighted by Gasteiger charge is 2.10. The molecule has 8 heteroatoms. The smallest absolute Gasteiger partial charge is 0.349 e. The van der Waals surface area contributed by atoms with Crippen molar-refractivity contribution in [3.63, 3.8) is 0 Å². The molecule has 2 aromatic carbocycles. The van der Waals surface area contributed by atoms with Gasteiger partial charge >= 0.3 is 5.69 Å². The van der Waals surface area contributed by atoms with Crippen LogP contribution in [0.2, 0.25) is 0 Å². The normalized spacial score (nSPS) is 11.6. The van der Waals surface area contributed by atoms with E-state index in [1.54, 1.807) is 24.3 Å². The van der Waals surface area contributed by atoms with Gasteiger partial charge < -0.3 is 9.72 Å². The van der Waals surface area contributed by atoms with E-state index in [0.29, 0.717) is 10.9 Å². The third-order valence-electron chi connectivity index (χ3n) is 3.48. The van der Waals surface area contributed by atoms with E-state index < -0.39 is 11.2 Å². The number of nitrogens with one attached hydrogen (secondary N) is 1. The molecule has 0 bridgehead atoms. The van der Waals surface area contributed by atoms with Crippen LogP contribution in [0.25, 0.3) is 10.9 Å². The van der Waals surface area contributed by atoms with E-state index in [1.165, 1.54) is 6.21 Å². The molecule has 0 aliphatic rings. The van der Waals surface area contributed by atoms with Crippen LogP contribution in [0.3, 0.4) is 0 Å². The van der Waals surface area contributed by atoms with Gasteiger partial charge in [0.25, 0.3) is 5.56 Å². The Morgan fingerprint density at radius 1 is 1.15 bits per heavy atom. The van der Waals surface area contributed by atoms with Crippen LogP contribution in [0.5, 0.6) is 5.75 Å². The summed E-state index contributed by atoms with van der Waals surface area (Å²) in [5.74, 6) is 0.819. The summed E-state index contributed by atoms with van der Waals surface area (Å²) in [6, 6.07) is 10.6. The highest BCUT2D eigenvalue weighted by Crippen LogP contribution is 2.29. The van der Waals surface area contributed by atoms with Gasteiger partial charge in [0.2, 0.25) is 0 Å². The van der Waals surface area contributed by atoms with Gasteiger partial charge in [0.1, 0.15) is 5.75 Å². The van der Waals surface area contributed by atoms with Crippen molar-refractivity contribution in [1.29, 1.82) is 0 Å². The van der Waals surface area contributed by atoms with Crippen molar-refractivity contribution in [2.24, 2.45) is 5.10 Å². The molecule has 1 N–H and O–H groups in total. The summed E-state index contributed by atoms with van der Waals surface area (Å²) < 4.78 is 8.51. The van der Waals surface area contributed by atoms with Gasteiger partial charge in [-0.25, -0.2) is 4.79 Å². The minimum atomic E-state index is -0.575. The maximum Gasteiger partial charge on any atom is 0.349 e. The number of hydrogen-bond acceptors (Lipinski definition) is 4. The zero-order valence-electron chi connectivity index (χ0n) is 14.0. The maximum absolute atomic E-state index is 12.5. The molecular weight excluding hydrogens is 560 g/mol. The minimum absolute atomic E-state index is 0.0753. The average molecular weight is 575 g/mol. The van der Waals surface area contributed by atoms with Crippen LogP contribution in [0, 0.1) is 7.14 Å². The predicted octanol–water partition coefficient (Wildman–Crippen LogP) is 3.57. The van der Waals surface area contributed by atoms with Crippen LogP contribution < -0.4 is 16.0 Å². The van der Waals surface area contributed by atoms with Crippen LogP contribution in [0.15, 0.2) is 51.1 Å². The summed E-state index contributed by atoms with van der Waals surface area (Å²) in [5, 5.41) is 4.50. The van der Waals surface area contributed by atoms with Crippen LogP contribution in [-0.2, 0) is 0 Å². The van der Waals surface area contributed by atoms with E-state index >= 15 is 0 Å². The number of fused-ring (bicyclic) bond motifs is 1. The standard InChI is InChI=1S/C18H15I2N3O3/c1-10(2)26-16-13(19)7-11(8-14(16)20)9-21-23-17(24)12-5-3-4-6-15(12)22-18(23)25/h3-10H,1-2H3,(H,22,25). The Balaban J connectivity index is 2.02. The molecule has 0 atom stereocenters. The van der Waals surface area contributed by atoms with Crippen LogP contribution in [0.1, 0.15) is 19.4 Å². The summed E-state index contributed by atoms with van der Waals surface area (Å²) in [5.41, 5.74) is 0.237. The molecule has 3 aromatic rings. The van der Waals surface area contributed by atoms with E-state index in [4.69, 9.17) is 4.74 Å². The molecule has 0 fully saturated rings. The Morgan fingerprint density at radius 2 is 1.81 bits per heavy atom. The van der Waals surface area contributed by atoms with Gasteiger partial charge in [0, 0.05) is 0 Å². The number of aromatic amines is 1. The number of aromatic nitrogens is 2. The van der Waals surface area contributed by atoms with E-state index in [1.807, 2.05) is 26.0 Å². The molecule has 1 aromatic heterocycles. The lowest BCUT2D eigenvalue weighted by Gasteiger charge is -2.14. The second kappa shape index (κ2) is 7.91. The van der Waals surface area contributed by atoms with Gasteiger partial charge in [0.05, 0.1) is 30.4 Å². The number of rotatable bonds is 4. The van der Waals surface area contributed by atoms with Crippen LogP contribution >= 0.6 is 45.2 Å². The first kappa shape index (κ1) is 19.1. The summed E-state index contributed by atoms with van der Waals surface area (Å²) in [4.78, 5) is 27.3. The lowest BCUT2D eigenvalue weighted by atomic mass is 10.2. The quantitative estimate of drug-likeness (QED) is 0.382. The van der Waals surface area contributed by atoms with Crippen molar-refractivity contribution in [3.8, 4) is 5.75 Å². The van der Waals surface area contributed by atoms with Crippen molar-refractivity contribution < 1.29 is 4.74 Å². The number of nitrogens with zero attached hydrogens (tertiary/aromatic N) is 2. The van der Waals surface area contributed by atoms with Crippen molar-refractivity contribution >= 4 is 62.3 Å². The zero-order chi connectivity index (χ0) is 18.8. The Labute approximate surface area is 176 Å². The number of halogens is 2. The summed E-state index contributed by atoms with van der Waals surface area (Å²) >= 11 is 4.39. The van der Waals surface area contributed by atoms with E-state index in [-0.39, 0.29) is 6.10 Å². The second-order valence-corrected chi connectivity index (χ2v) is 8.14. The molecule has 3 rings (SSSR count). The fraction of sp³-hybridized carbons (Fsp3) is 0.167. The molecule has 6 nitrogen and oxygen atoms in total. The lowest BCUT2D eigenvalue weighted by molar-refractivity contribution is 0.239. The third kappa shape index (κ3) is 4.00. The van der Waals surface area contributed by atoms with E-state index in [9.17, 15) is 9.59 Å². The van der Waals surface area contributed by atoms with E-state index in [0.717, 1.165) is 23.1 Å².